The van der Waals surface area contributed by atoms with Gasteiger partial charge in [0.05, 0.1) is 6.10 Å². The summed E-state index contributed by atoms with van der Waals surface area (Å²) in [5.74, 6) is 1.25. The molecule has 114 valence electrons. The average Bonchev–Trinajstić information content (AvgIpc) is 2.33. The van der Waals surface area contributed by atoms with Crippen LogP contribution < -0.4 is 0 Å². The van der Waals surface area contributed by atoms with Gasteiger partial charge in [0.1, 0.15) is 0 Å². The summed E-state index contributed by atoms with van der Waals surface area (Å²) in [6, 6.07) is 0. The normalized spacial score (nSPS) is 28.6. The molecule has 1 rings (SSSR count). The first kappa shape index (κ1) is 17.0. The Hall–Kier alpha value is -0.0400. The van der Waals surface area contributed by atoms with E-state index in [2.05, 4.69) is 27.7 Å². The molecule has 1 nitrogen and oxygen atoms in total. The third kappa shape index (κ3) is 5.85. The second-order valence-electron chi connectivity index (χ2n) is 7.60. The third-order valence-corrected chi connectivity index (χ3v) is 5.26. The van der Waals surface area contributed by atoms with Crippen LogP contribution in [0.5, 0.6) is 0 Å². The Labute approximate surface area is 121 Å². The summed E-state index contributed by atoms with van der Waals surface area (Å²) in [5, 5.41) is 10.3. The maximum atomic E-state index is 10.3. The van der Waals surface area contributed by atoms with Gasteiger partial charge in [0, 0.05) is 0 Å². The van der Waals surface area contributed by atoms with Crippen molar-refractivity contribution in [3.8, 4) is 0 Å². The maximum Gasteiger partial charge on any atom is 0.0576 e. The summed E-state index contributed by atoms with van der Waals surface area (Å²) in [5.41, 5.74) is 0.324. The second-order valence-corrected chi connectivity index (χ2v) is 7.60. The van der Waals surface area contributed by atoms with Gasteiger partial charge in [-0.3, -0.25) is 0 Å². The Morgan fingerprint density at radius 3 is 2.26 bits per heavy atom. The SMILES string of the molecule is CCCCCCCCC(C)(C)C1CCC(C)CC1O. The summed E-state index contributed by atoms with van der Waals surface area (Å²) in [6.45, 7) is 9.31. The minimum Gasteiger partial charge on any atom is -0.393 e. The minimum absolute atomic E-state index is 0.0566. The standard InChI is InChI=1S/C18H36O/c1-5-6-7-8-9-10-13-18(3,4)16-12-11-15(2)14-17(16)19/h15-17,19H,5-14H2,1-4H3. The summed E-state index contributed by atoms with van der Waals surface area (Å²) in [4.78, 5) is 0. The van der Waals surface area contributed by atoms with Gasteiger partial charge < -0.3 is 5.11 Å². The third-order valence-electron chi connectivity index (χ3n) is 5.26. The lowest BCUT2D eigenvalue weighted by molar-refractivity contribution is -0.0168. The monoisotopic (exact) mass is 268 g/mol. The van der Waals surface area contributed by atoms with Crippen LogP contribution in [-0.4, -0.2) is 11.2 Å². The minimum atomic E-state index is -0.0566. The van der Waals surface area contributed by atoms with E-state index in [9.17, 15) is 5.11 Å². The Kier molecular flexibility index (Phi) is 7.42. The fraction of sp³-hybridized carbons (Fsp3) is 1.00. The van der Waals surface area contributed by atoms with Gasteiger partial charge in [0.15, 0.2) is 0 Å². The molecule has 1 heteroatoms. The van der Waals surface area contributed by atoms with Crippen LogP contribution in [-0.2, 0) is 0 Å². The topological polar surface area (TPSA) is 20.2 Å². The molecule has 0 bridgehead atoms. The molecular weight excluding hydrogens is 232 g/mol. The van der Waals surface area contributed by atoms with E-state index in [1.165, 1.54) is 57.8 Å². The van der Waals surface area contributed by atoms with Crippen LogP contribution in [0.15, 0.2) is 0 Å². The molecule has 1 fully saturated rings. The molecule has 1 saturated carbocycles. The first-order valence-corrected chi connectivity index (χ1v) is 8.65. The Morgan fingerprint density at radius 2 is 1.63 bits per heavy atom. The van der Waals surface area contributed by atoms with E-state index in [1.54, 1.807) is 0 Å². The number of hydrogen-bond donors (Lipinski definition) is 1. The molecule has 1 aliphatic rings. The van der Waals surface area contributed by atoms with Gasteiger partial charge in [-0.2, -0.15) is 0 Å². The van der Waals surface area contributed by atoms with Crippen LogP contribution in [0, 0.1) is 17.3 Å². The molecule has 0 spiro atoms. The number of hydrogen-bond acceptors (Lipinski definition) is 1. The van der Waals surface area contributed by atoms with Gasteiger partial charge >= 0.3 is 0 Å². The Balaban J connectivity index is 2.26. The van der Waals surface area contributed by atoms with Crippen molar-refractivity contribution in [1.29, 1.82) is 0 Å². The molecule has 0 aromatic carbocycles. The molecule has 0 heterocycles. The Bertz CT molecular complexity index is 234. The lowest BCUT2D eigenvalue weighted by Crippen LogP contribution is -2.38. The smallest absolute Gasteiger partial charge is 0.0576 e. The fourth-order valence-electron chi connectivity index (χ4n) is 3.81. The van der Waals surface area contributed by atoms with Gasteiger partial charge in [-0.1, -0.05) is 72.6 Å². The maximum absolute atomic E-state index is 10.3. The number of aliphatic hydroxyl groups is 1. The van der Waals surface area contributed by atoms with Crippen molar-refractivity contribution < 1.29 is 5.11 Å². The van der Waals surface area contributed by atoms with Crippen LogP contribution in [0.3, 0.4) is 0 Å². The Morgan fingerprint density at radius 1 is 1.00 bits per heavy atom. The molecule has 0 radical (unpaired) electrons. The summed E-state index contributed by atoms with van der Waals surface area (Å²) in [6.07, 6.45) is 13.0. The van der Waals surface area contributed by atoms with Gasteiger partial charge in [0.25, 0.3) is 0 Å². The highest BCUT2D eigenvalue weighted by molar-refractivity contribution is 4.88. The zero-order chi connectivity index (χ0) is 14.3. The molecule has 1 N–H and O–H groups in total. The lowest BCUT2D eigenvalue weighted by Gasteiger charge is -2.42. The van der Waals surface area contributed by atoms with Crippen LogP contribution in [0.1, 0.15) is 91.9 Å². The van der Waals surface area contributed by atoms with Gasteiger partial charge in [-0.05, 0) is 36.5 Å². The average molecular weight is 268 g/mol. The van der Waals surface area contributed by atoms with E-state index < -0.39 is 0 Å². The van der Waals surface area contributed by atoms with Crippen molar-refractivity contribution in [2.75, 3.05) is 0 Å². The van der Waals surface area contributed by atoms with E-state index in [0.717, 1.165) is 12.3 Å². The van der Waals surface area contributed by atoms with Gasteiger partial charge in [-0.15, -0.1) is 0 Å². The highest BCUT2D eigenvalue weighted by atomic mass is 16.3. The highest BCUT2D eigenvalue weighted by Gasteiger charge is 2.37. The van der Waals surface area contributed by atoms with Crippen LogP contribution in [0.25, 0.3) is 0 Å². The predicted molar refractivity (Wildman–Crippen MR) is 84.3 cm³/mol. The summed E-state index contributed by atoms with van der Waals surface area (Å²) in [7, 11) is 0. The molecule has 3 unspecified atom stereocenters. The first-order valence-electron chi connectivity index (χ1n) is 8.65. The van der Waals surface area contributed by atoms with E-state index >= 15 is 0 Å². The van der Waals surface area contributed by atoms with Crippen molar-refractivity contribution >= 4 is 0 Å². The quantitative estimate of drug-likeness (QED) is 0.571. The van der Waals surface area contributed by atoms with E-state index in [1.807, 2.05) is 0 Å². The number of aliphatic hydroxyl groups excluding tert-OH is 1. The van der Waals surface area contributed by atoms with Crippen molar-refractivity contribution in [2.45, 2.75) is 98.0 Å². The van der Waals surface area contributed by atoms with Crippen molar-refractivity contribution in [3.05, 3.63) is 0 Å². The number of rotatable bonds is 8. The molecule has 0 aromatic heterocycles. The summed E-state index contributed by atoms with van der Waals surface area (Å²) < 4.78 is 0. The molecular formula is C18H36O. The van der Waals surface area contributed by atoms with E-state index in [0.29, 0.717) is 11.3 Å². The van der Waals surface area contributed by atoms with Crippen LogP contribution in [0.4, 0.5) is 0 Å². The first-order chi connectivity index (χ1) is 8.97. The van der Waals surface area contributed by atoms with E-state index in [-0.39, 0.29) is 6.10 Å². The zero-order valence-electron chi connectivity index (χ0n) is 13.8. The van der Waals surface area contributed by atoms with E-state index in [4.69, 9.17) is 0 Å². The van der Waals surface area contributed by atoms with Crippen LogP contribution >= 0.6 is 0 Å². The highest BCUT2D eigenvalue weighted by Crippen LogP contribution is 2.43. The lowest BCUT2D eigenvalue weighted by atomic mass is 9.65. The number of unbranched alkanes of at least 4 members (excludes halogenated alkanes) is 5. The predicted octanol–water partition coefficient (Wildman–Crippen LogP) is 5.56. The van der Waals surface area contributed by atoms with Gasteiger partial charge in [0.2, 0.25) is 0 Å². The largest absolute Gasteiger partial charge is 0.393 e. The van der Waals surface area contributed by atoms with Crippen molar-refractivity contribution in [2.24, 2.45) is 17.3 Å². The zero-order valence-corrected chi connectivity index (χ0v) is 13.8. The molecule has 19 heavy (non-hydrogen) atoms. The molecule has 0 saturated heterocycles. The van der Waals surface area contributed by atoms with Crippen molar-refractivity contribution in [1.82, 2.24) is 0 Å². The molecule has 0 aromatic rings. The molecule has 0 amide bonds. The van der Waals surface area contributed by atoms with Crippen LogP contribution in [0.2, 0.25) is 0 Å². The second kappa shape index (κ2) is 8.29. The summed E-state index contributed by atoms with van der Waals surface area (Å²) >= 11 is 0. The molecule has 1 aliphatic carbocycles. The molecule has 3 atom stereocenters. The van der Waals surface area contributed by atoms with Crippen molar-refractivity contribution in [3.63, 3.8) is 0 Å². The van der Waals surface area contributed by atoms with Gasteiger partial charge in [-0.25, -0.2) is 0 Å². The molecule has 0 aliphatic heterocycles. The fourth-order valence-corrected chi connectivity index (χ4v) is 3.81.